The van der Waals surface area contributed by atoms with Crippen molar-refractivity contribution in [2.75, 3.05) is 18.6 Å². The summed E-state index contributed by atoms with van der Waals surface area (Å²) in [4.78, 5) is 12.0. The Kier molecular flexibility index (Phi) is 4.34. The van der Waals surface area contributed by atoms with Gasteiger partial charge >= 0.3 is 0 Å². The summed E-state index contributed by atoms with van der Waals surface area (Å²) < 4.78 is 18.9. The maximum Gasteiger partial charge on any atom is 0.253 e. The molecule has 0 aliphatic carbocycles. The number of carbonyl (C=O) groups is 1. The van der Waals surface area contributed by atoms with E-state index in [-0.39, 0.29) is 23.3 Å². The lowest BCUT2D eigenvalue weighted by molar-refractivity contribution is 0.0907. The average molecular weight is 267 g/mol. The number of nitrogen functional groups attached to an aromatic ring is 1. The number of anilines is 1. The molecule has 2 unspecified atom stereocenters. The Labute approximate surface area is 111 Å². The van der Waals surface area contributed by atoms with Crippen LogP contribution in [0.5, 0.6) is 0 Å². The molecule has 1 aliphatic heterocycles. The molecule has 0 aromatic heterocycles. The highest BCUT2D eigenvalue weighted by Gasteiger charge is 2.25. The van der Waals surface area contributed by atoms with Gasteiger partial charge in [-0.3, -0.25) is 10.6 Å². The molecular formula is C13H18FN3O2. The lowest BCUT2D eigenvalue weighted by Crippen LogP contribution is -2.32. The first-order valence-corrected chi connectivity index (χ1v) is 6.28. The Morgan fingerprint density at radius 1 is 1.58 bits per heavy atom. The number of carbonyl (C=O) groups excluding carboxylic acids is 1. The minimum atomic E-state index is -0.548. The molecule has 0 spiro atoms. The normalized spacial score (nSPS) is 22.3. The van der Waals surface area contributed by atoms with Crippen LogP contribution < -0.4 is 16.6 Å². The fraction of sp³-hybridized carbons (Fsp3) is 0.462. The molecule has 1 amide bonds. The van der Waals surface area contributed by atoms with Crippen molar-refractivity contribution in [1.29, 1.82) is 0 Å². The van der Waals surface area contributed by atoms with Gasteiger partial charge < -0.3 is 15.5 Å². The summed E-state index contributed by atoms with van der Waals surface area (Å²) in [5.74, 6) is 4.65. The Balaban J connectivity index is 2.02. The zero-order valence-corrected chi connectivity index (χ0v) is 10.8. The van der Waals surface area contributed by atoms with Crippen LogP contribution in [0.4, 0.5) is 10.1 Å². The Morgan fingerprint density at radius 2 is 2.37 bits per heavy atom. The summed E-state index contributed by atoms with van der Waals surface area (Å²) in [6.07, 6.45) is 1.06. The van der Waals surface area contributed by atoms with E-state index in [9.17, 15) is 9.18 Å². The Hall–Kier alpha value is -1.66. The predicted molar refractivity (Wildman–Crippen MR) is 70.1 cm³/mol. The van der Waals surface area contributed by atoms with Gasteiger partial charge in [0.1, 0.15) is 5.82 Å². The molecule has 104 valence electrons. The minimum absolute atomic E-state index is 0.00993. The van der Waals surface area contributed by atoms with Crippen LogP contribution in [-0.2, 0) is 4.74 Å². The van der Waals surface area contributed by atoms with Crippen molar-refractivity contribution in [3.63, 3.8) is 0 Å². The van der Waals surface area contributed by atoms with Crippen molar-refractivity contribution in [3.05, 3.63) is 29.6 Å². The standard InChI is InChI=1S/C13H18FN3O2/c1-8-9(5-6-19-8)7-16-13(18)10-3-2-4-11(14)12(10)17-15/h2-4,8-9,17H,5-7,15H2,1H3,(H,16,18). The molecular weight excluding hydrogens is 249 g/mol. The molecule has 1 saturated heterocycles. The van der Waals surface area contributed by atoms with E-state index in [1.54, 1.807) is 0 Å². The smallest absolute Gasteiger partial charge is 0.253 e. The fourth-order valence-electron chi connectivity index (χ4n) is 2.22. The quantitative estimate of drug-likeness (QED) is 0.567. The van der Waals surface area contributed by atoms with Gasteiger partial charge in [-0.2, -0.15) is 0 Å². The van der Waals surface area contributed by atoms with E-state index in [0.717, 1.165) is 13.0 Å². The molecule has 1 aromatic rings. The minimum Gasteiger partial charge on any atom is -0.378 e. The predicted octanol–water partition coefficient (Wildman–Crippen LogP) is 1.27. The van der Waals surface area contributed by atoms with Crippen LogP contribution >= 0.6 is 0 Å². The number of nitrogens with one attached hydrogen (secondary N) is 2. The first kappa shape index (κ1) is 13.8. The van der Waals surface area contributed by atoms with Crippen LogP contribution in [0.3, 0.4) is 0 Å². The van der Waals surface area contributed by atoms with Crippen molar-refractivity contribution in [2.45, 2.75) is 19.4 Å². The summed E-state index contributed by atoms with van der Waals surface area (Å²) in [6, 6.07) is 4.26. The van der Waals surface area contributed by atoms with Crippen molar-refractivity contribution < 1.29 is 13.9 Å². The van der Waals surface area contributed by atoms with E-state index in [0.29, 0.717) is 12.5 Å². The molecule has 5 nitrogen and oxygen atoms in total. The first-order valence-electron chi connectivity index (χ1n) is 6.28. The van der Waals surface area contributed by atoms with Gasteiger partial charge in [0, 0.05) is 19.1 Å². The summed E-state index contributed by atoms with van der Waals surface area (Å²) in [6.45, 7) is 3.22. The maximum atomic E-state index is 13.5. The zero-order valence-electron chi connectivity index (χ0n) is 10.8. The molecule has 1 aromatic carbocycles. The topological polar surface area (TPSA) is 76.4 Å². The summed E-state index contributed by atoms with van der Waals surface area (Å²) in [7, 11) is 0. The maximum absolute atomic E-state index is 13.5. The monoisotopic (exact) mass is 267 g/mol. The second kappa shape index (κ2) is 5.99. The molecule has 0 radical (unpaired) electrons. The van der Waals surface area contributed by atoms with Crippen LogP contribution in [0.15, 0.2) is 18.2 Å². The number of hydrogen-bond acceptors (Lipinski definition) is 4. The third kappa shape index (κ3) is 3.02. The van der Waals surface area contributed by atoms with E-state index in [4.69, 9.17) is 10.6 Å². The molecule has 1 aliphatic rings. The number of ether oxygens (including phenoxy) is 1. The first-order chi connectivity index (χ1) is 9.13. The van der Waals surface area contributed by atoms with Gasteiger partial charge in [-0.05, 0) is 25.5 Å². The lowest BCUT2D eigenvalue weighted by atomic mass is 10.0. The van der Waals surface area contributed by atoms with Gasteiger partial charge in [0.05, 0.1) is 17.4 Å². The summed E-state index contributed by atoms with van der Waals surface area (Å²) >= 11 is 0. The lowest BCUT2D eigenvalue weighted by Gasteiger charge is -2.15. The van der Waals surface area contributed by atoms with Crippen LogP contribution in [0, 0.1) is 11.7 Å². The number of nitrogens with two attached hydrogens (primary N) is 1. The molecule has 0 saturated carbocycles. The van der Waals surface area contributed by atoms with Gasteiger partial charge in [0.2, 0.25) is 0 Å². The third-order valence-electron chi connectivity index (χ3n) is 3.46. The number of rotatable bonds is 4. The SMILES string of the molecule is CC1OCCC1CNC(=O)c1cccc(F)c1NN. The van der Waals surface area contributed by atoms with E-state index in [1.165, 1.54) is 18.2 Å². The number of amides is 1. The second-order valence-corrected chi connectivity index (χ2v) is 4.64. The number of hydrogen-bond donors (Lipinski definition) is 3. The van der Waals surface area contributed by atoms with E-state index >= 15 is 0 Å². The average Bonchev–Trinajstić information content (AvgIpc) is 2.81. The Bertz CT molecular complexity index is 467. The van der Waals surface area contributed by atoms with E-state index in [2.05, 4.69) is 10.7 Å². The molecule has 2 rings (SSSR count). The third-order valence-corrected chi connectivity index (χ3v) is 3.46. The van der Waals surface area contributed by atoms with Gasteiger partial charge in [0.15, 0.2) is 0 Å². The molecule has 2 atom stereocenters. The van der Waals surface area contributed by atoms with Crippen molar-refractivity contribution in [1.82, 2.24) is 5.32 Å². The number of benzene rings is 1. The van der Waals surface area contributed by atoms with Crippen LogP contribution in [-0.4, -0.2) is 25.2 Å². The van der Waals surface area contributed by atoms with E-state index in [1.807, 2.05) is 6.92 Å². The van der Waals surface area contributed by atoms with Crippen LogP contribution in [0.25, 0.3) is 0 Å². The zero-order chi connectivity index (χ0) is 13.8. The number of para-hydroxylation sites is 1. The number of hydrazine groups is 1. The molecule has 1 fully saturated rings. The van der Waals surface area contributed by atoms with Crippen molar-refractivity contribution in [2.24, 2.45) is 11.8 Å². The van der Waals surface area contributed by atoms with Gasteiger partial charge in [0.25, 0.3) is 5.91 Å². The van der Waals surface area contributed by atoms with Gasteiger partial charge in [-0.1, -0.05) is 6.07 Å². The highest BCUT2D eigenvalue weighted by atomic mass is 19.1. The molecule has 4 N–H and O–H groups in total. The van der Waals surface area contributed by atoms with Crippen LogP contribution in [0.2, 0.25) is 0 Å². The highest BCUT2D eigenvalue weighted by Crippen LogP contribution is 2.21. The summed E-state index contributed by atoms with van der Waals surface area (Å²) in [5.41, 5.74) is 2.43. The molecule has 0 bridgehead atoms. The second-order valence-electron chi connectivity index (χ2n) is 4.64. The molecule has 1 heterocycles. The van der Waals surface area contributed by atoms with Crippen molar-refractivity contribution in [3.8, 4) is 0 Å². The van der Waals surface area contributed by atoms with Gasteiger partial charge in [-0.25, -0.2) is 4.39 Å². The van der Waals surface area contributed by atoms with E-state index < -0.39 is 5.82 Å². The molecule has 19 heavy (non-hydrogen) atoms. The Morgan fingerprint density at radius 3 is 3.00 bits per heavy atom. The largest absolute Gasteiger partial charge is 0.378 e. The highest BCUT2D eigenvalue weighted by molar-refractivity contribution is 5.99. The summed E-state index contributed by atoms with van der Waals surface area (Å²) in [5, 5.41) is 2.79. The molecule has 6 heteroatoms. The van der Waals surface area contributed by atoms with Gasteiger partial charge in [-0.15, -0.1) is 0 Å². The number of halogens is 1. The van der Waals surface area contributed by atoms with Crippen molar-refractivity contribution >= 4 is 11.6 Å². The van der Waals surface area contributed by atoms with Crippen LogP contribution in [0.1, 0.15) is 23.7 Å². The fourth-order valence-corrected chi connectivity index (χ4v) is 2.22.